The normalized spacial score (nSPS) is 16.3. The standard InChI is InChI=1S/C18H16ClN3O3/c19-16-4-2-1-3-15(16)18(23)7-9-21(10-8-18)17-6-5-14(22(24)25)11-13(17)12-20/h1-6,11,23H,7-10H2. The maximum Gasteiger partial charge on any atom is 0.270 e. The highest BCUT2D eigenvalue weighted by Crippen LogP contribution is 2.38. The summed E-state index contributed by atoms with van der Waals surface area (Å²) in [5.41, 5.74) is 0.500. The van der Waals surface area contributed by atoms with E-state index in [0.717, 1.165) is 0 Å². The Balaban J connectivity index is 1.82. The molecule has 0 aromatic heterocycles. The van der Waals surface area contributed by atoms with Crippen LogP contribution in [0.1, 0.15) is 24.0 Å². The number of nitrogens with zero attached hydrogens (tertiary/aromatic N) is 3. The van der Waals surface area contributed by atoms with Gasteiger partial charge in [0.15, 0.2) is 0 Å². The van der Waals surface area contributed by atoms with Crippen molar-refractivity contribution in [3.8, 4) is 6.07 Å². The van der Waals surface area contributed by atoms with Crippen molar-refractivity contribution in [2.24, 2.45) is 0 Å². The van der Waals surface area contributed by atoms with Crippen molar-refractivity contribution in [2.75, 3.05) is 18.0 Å². The van der Waals surface area contributed by atoms with Gasteiger partial charge >= 0.3 is 0 Å². The van der Waals surface area contributed by atoms with Gasteiger partial charge in [-0.15, -0.1) is 0 Å². The van der Waals surface area contributed by atoms with Crippen LogP contribution in [0.3, 0.4) is 0 Å². The number of anilines is 1. The van der Waals surface area contributed by atoms with Gasteiger partial charge in [-0.05, 0) is 25.0 Å². The van der Waals surface area contributed by atoms with Crippen LogP contribution in [-0.4, -0.2) is 23.1 Å². The Morgan fingerprint density at radius 1 is 1.24 bits per heavy atom. The van der Waals surface area contributed by atoms with Crippen LogP contribution in [0.15, 0.2) is 42.5 Å². The number of non-ortho nitro benzene ring substituents is 1. The summed E-state index contributed by atoms with van der Waals surface area (Å²) in [6.07, 6.45) is 0.914. The second-order valence-electron chi connectivity index (χ2n) is 6.07. The molecule has 0 amide bonds. The molecule has 1 saturated heterocycles. The van der Waals surface area contributed by atoms with Crippen molar-refractivity contribution in [3.05, 3.63) is 68.7 Å². The third kappa shape index (κ3) is 3.29. The van der Waals surface area contributed by atoms with Crippen molar-refractivity contribution in [2.45, 2.75) is 18.4 Å². The van der Waals surface area contributed by atoms with Gasteiger partial charge in [-0.25, -0.2) is 0 Å². The lowest BCUT2D eigenvalue weighted by molar-refractivity contribution is -0.384. The number of hydrogen-bond donors (Lipinski definition) is 1. The van der Waals surface area contributed by atoms with Crippen LogP contribution in [0.5, 0.6) is 0 Å². The fourth-order valence-corrected chi connectivity index (χ4v) is 3.54. The molecule has 1 aliphatic heterocycles. The average Bonchev–Trinajstić information content (AvgIpc) is 2.62. The van der Waals surface area contributed by atoms with Gasteiger partial charge in [0.05, 0.1) is 21.8 Å². The van der Waals surface area contributed by atoms with Crippen molar-refractivity contribution < 1.29 is 10.0 Å². The molecular weight excluding hydrogens is 342 g/mol. The highest BCUT2D eigenvalue weighted by atomic mass is 35.5. The first kappa shape index (κ1) is 17.2. The van der Waals surface area contributed by atoms with Crippen LogP contribution < -0.4 is 4.90 Å². The summed E-state index contributed by atoms with van der Waals surface area (Å²) in [6.45, 7) is 1.04. The molecule has 0 saturated carbocycles. The Labute approximate surface area is 150 Å². The summed E-state index contributed by atoms with van der Waals surface area (Å²) >= 11 is 6.21. The third-order valence-electron chi connectivity index (χ3n) is 4.62. The van der Waals surface area contributed by atoms with E-state index in [1.165, 1.54) is 12.1 Å². The number of aliphatic hydroxyl groups is 1. The molecule has 0 spiro atoms. The summed E-state index contributed by atoms with van der Waals surface area (Å²) in [7, 11) is 0. The quantitative estimate of drug-likeness (QED) is 0.669. The predicted octanol–water partition coefficient (Wildman–Crippen LogP) is 3.61. The fraction of sp³-hybridized carbons (Fsp3) is 0.278. The molecule has 0 bridgehead atoms. The zero-order chi connectivity index (χ0) is 18.0. The second-order valence-corrected chi connectivity index (χ2v) is 6.48. The third-order valence-corrected chi connectivity index (χ3v) is 4.95. The monoisotopic (exact) mass is 357 g/mol. The van der Waals surface area contributed by atoms with Gasteiger partial charge in [0.25, 0.3) is 5.69 Å². The molecule has 0 unspecified atom stereocenters. The minimum absolute atomic E-state index is 0.107. The van der Waals surface area contributed by atoms with E-state index in [-0.39, 0.29) is 11.3 Å². The number of halogens is 1. The lowest BCUT2D eigenvalue weighted by Gasteiger charge is -2.40. The molecule has 6 nitrogen and oxygen atoms in total. The fourth-order valence-electron chi connectivity index (χ4n) is 3.23. The van der Waals surface area contributed by atoms with E-state index in [1.807, 2.05) is 29.2 Å². The van der Waals surface area contributed by atoms with Crippen LogP contribution >= 0.6 is 11.6 Å². The SMILES string of the molecule is N#Cc1cc([N+](=O)[O-])ccc1N1CCC(O)(c2ccccc2Cl)CC1. The lowest BCUT2D eigenvalue weighted by atomic mass is 9.84. The van der Waals surface area contributed by atoms with Crippen LogP contribution in [0.4, 0.5) is 11.4 Å². The summed E-state index contributed by atoms with van der Waals surface area (Å²) in [5, 5.41) is 31.7. The number of nitro groups is 1. The van der Waals surface area contributed by atoms with E-state index < -0.39 is 10.5 Å². The number of benzene rings is 2. The Hall–Kier alpha value is -2.62. The minimum atomic E-state index is -1.01. The Bertz CT molecular complexity index is 855. The van der Waals surface area contributed by atoms with Crippen LogP contribution in [-0.2, 0) is 5.60 Å². The van der Waals surface area contributed by atoms with E-state index in [0.29, 0.717) is 42.2 Å². The molecule has 3 rings (SSSR count). The Morgan fingerprint density at radius 2 is 1.92 bits per heavy atom. The van der Waals surface area contributed by atoms with Gasteiger partial charge in [0.1, 0.15) is 6.07 Å². The predicted molar refractivity (Wildman–Crippen MR) is 94.6 cm³/mol. The average molecular weight is 358 g/mol. The first-order valence-electron chi connectivity index (χ1n) is 7.85. The Morgan fingerprint density at radius 3 is 2.52 bits per heavy atom. The molecule has 1 N–H and O–H groups in total. The molecule has 25 heavy (non-hydrogen) atoms. The number of nitriles is 1. The number of hydrogen-bond acceptors (Lipinski definition) is 5. The number of nitro benzene ring substituents is 1. The largest absolute Gasteiger partial charge is 0.385 e. The highest BCUT2D eigenvalue weighted by Gasteiger charge is 2.36. The van der Waals surface area contributed by atoms with Crippen LogP contribution in [0.25, 0.3) is 0 Å². The molecule has 1 heterocycles. The van der Waals surface area contributed by atoms with Gasteiger partial charge in [-0.3, -0.25) is 10.1 Å². The Kier molecular flexibility index (Phi) is 4.62. The molecule has 7 heteroatoms. The maximum absolute atomic E-state index is 11.0. The minimum Gasteiger partial charge on any atom is -0.385 e. The van der Waals surface area contributed by atoms with E-state index in [4.69, 9.17) is 11.6 Å². The van der Waals surface area contributed by atoms with Gasteiger partial charge in [-0.1, -0.05) is 29.8 Å². The van der Waals surface area contributed by atoms with Crippen molar-refractivity contribution >= 4 is 23.0 Å². The molecule has 0 aliphatic carbocycles. The molecule has 2 aromatic carbocycles. The molecule has 0 atom stereocenters. The van der Waals surface area contributed by atoms with E-state index in [9.17, 15) is 20.5 Å². The molecule has 0 radical (unpaired) electrons. The van der Waals surface area contributed by atoms with Gasteiger partial charge in [0.2, 0.25) is 0 Å². The summed E-state index contributed by atoms with van der Waals surface area (Å²) in [6, 6.07) is 13.5. The topological polar surface area (TPSA) is 90.4 Å². The first-order valence-corrected chi connectivity index (χ1v) is 8.23. The molecule has 1 fully saturated rings. The van der Waals surface area contributed by atoms with E-state index in [1.54, 1.807) is 12.1 Å². The molecule has 2 aromatic rings. The molecule has 1 aliphatic rings. The van der Waals surface area contributed by atoms with E-state index in [2.05, 4.69) is 0 Å². The summed E-state index contributed by atoms with van der Waals surface area (Å²) < 4.78 is 0. The maximum atomic E-state index is 11.0. The molecule has 128 valence electrons. The highest BCUT2D eigenvalue weighted by molar-refractivity contribution is 6.31. The van der Waals surface area contributed by atoms with Gasteiger partial charge in [-0.2, -0.15) is 5.26 Å². The van der Waals surface area contributed by atoms with Crippen LogP contribution in [0.2, 0.25) is 5.02 Å². The van der Waals surface area contributed by atoms with Crippen molar-refractivity contribution in [1.29, 1.82) is 5.26 Å². The van der Waals surface area contributed by atoms with Gasteiger partial charge in [0, 0.05) is 35.8 Å². The lowest BCUT2D eigenvalue weighted by Crippen LogP contribution is -2.43. The first-order chi connectivity index (χ1) is 11.9. The van der Waals surface area contributed by atoms with Crippen molar-refractivity contribution in [1.82, 2.24) is 0 Å². The van der Waals surface area contributed by atoms with Gasteiger partial charge < -0.3 is 10.0 Å². The molecular formula is C18H16ClN3O3. The second kappa shape index (κ2) is 6.71. The zero-order valence-corrected chi connectivity index (χ0v) is 14.1. The number of piperidine rings is 1. The number of rotatable bonds is 3. The summed E-state index contributed by atoms with van der Waals surface area (Å²) in [5.74, 6) is 0. The zero-order valence-electron chi connectivity index (χ0n) is 13.4. The van der Waals surface area contributed by atoms with Crippen LogP contribution in [0, 0.1) is 21.4 Å². The summed E-state index contributed by atoms with van der Waals surface area (Å²) in [4.78, 5) is 12.3. The van der Waals surface area contributed by atoms with Crippen molar-refractivity contribution in [3.63, 3.8) is 0 Å². The van der Waals surface area contributed by atoms with E-state index >= 15 is 0 Å². The smallest absolute Gasteiger partial charge is 0.270 e.